The van der Waals surface area contributed by atoms with E-state index in [1.807, 2.05) is 0 Å². The second-order valence-corrected chi connectivity index (χ2v) is 3.16. The molecule has 0 radical (unpaired) electrons. The molecule has 2 heteroatoms. The SMILES string of the molecule is COCCC(C)CCBr. The van der Waals surface area contributed by atoms with E-state index in [9.17, 15) is 0 Å². The number of hydrogen-bond donors (Lipinski definition) is 0. The zero-order valence-corrected chi connectivity index (χ0v) is 7.78. The van der Waals surface area contributed by atoms with Gasteiger partial charge in [0.25, 0.3) is 0 Å². The molecule has 0 rings (SSSR count). The van der Waals surface area contributed by atoms with E-state index in [0.29, 0.717) is 0 Å². The predicted octanol–water partition coefficient (Wildman–Crippen LogP) is 2.44. The van der Waals surface area contributed by atoms with Crippen LogP contribution >= 0.6 is 15.9 Å². The summed E-state index contributed by atoms with van der Waals surface area (Å²) in [4.78, 5) is 0. The molecular formula is C7H15BrO. The van der Waals surface area contributed by atoms with Crippen molar-refractivity contribution in [2.45, 2.75) is 19.8 Å². The molecule has 9 heavy (non-hydrogen) atoms. The van der Waals surface area contributed by atoms with Crippen LogP contribution in [0.25, 0.3) is 0 Å². The number of alkyl halides is 1. The summed E-state index contributed by atoms with van der Waals surface area (Å²) in [6, 6.07) is 0. The average molecular weight is 195 g/mol. The van der Waals surface area contributed by atoms with Gasteiger partial charge in [-0.1, -0.05) is 22.9 Å². The van der Waals surface area contributed by atoms with Crippen LogP contribution in [0.2, 0.25) is 0 Å². The summed E-state index contributed by atoms with van der Waals surface area (Å²) < 4.78 is 4.94. The van der Waals surface area contributed by atoms with Crippen molar-refractivity contribution in [1.82, 2.24) is 0 Å². The minimum atomic E-state index is 0.796. The maximum atomic E-state index is 4.94. The Kier molecular flexibility index (Phi) is 6.88. The molecular weight excluding hydrogens is 180 g/mol. The minimum Gasteiger partial charge on any atom is -0.385 e. The summed E-state index contributed by atoms with van der Waals surface area (Å²) in [7, 11) is 1.75. The average Bonchev–Trinajstić information content (AvgIpc) is 1.85. The topological polar surface area (TPSA) is 9.23 Å². The molecule has 0 fully saturated rings. The van der Waals surface area contributed by atoms with E-state index in [2.05, 4.69) is 22.9 Å². The van der Waals surface area contributed by atoms with Crippen LogP contribution in [0.15, 0.2) is 0 Å². The van der Waals surface area contributed by atoms with Crippen molar-refractivity contribution in [3.63, 3.8) is 0 Å². The van der Waals surface area contributed by atoms with Crippen LogP contribution in [0.5, 0.6) is 0 Å². The van der Waals surface area contributed by atoms with Crippen LogP contribution in [0.3, 0.4) is 0 Å². The lowest BCUT2D eigenvalue weighted by molar-refractivity contribution is 0.179. The fraction of sp³-hybridized carbons (Fsp3) is 1.00. The second kappa shape index (κ2) is 6.56. The lowest BCUT2D eigenvalue weighted by atomic mass is 10.1. The van der Waals surface area contributed by atoms with Gasteiger partial charge < -0.3 is 4.74 Å². The molecule has 0 aliphatic heterocycles. The maximum absolute atomic E-state index is 4.94. The summed E-state index contributed by atoms with van der Waals surface area (Å²) in [5.41, 5.74) is 0. The van der Waals surface area contributed by atoms with Crippen LogP contribution in [-0.4, -0.2) is 19.0 Å². The maximum Gasteiger partial charge on any atom is 0.0464 e. The molecule has 0 saturated carbocycles. The molecule has 0 amide bonds. The Balaban J connectivity index is 2.95. The first kappa shape index (κ1) is 9.44. The Morgan fingerprint density at radius 2 is 2.11 bits per heavy atom. The third kappa shape index (κ3) is 6.32. The first-order chi connectivity index (χ1) is 4.31. The first-order valence-corrected chi connectivity index (χ1v) is 4.48. The Morgan fingerprint density at radius 3 is 2.56 bits per heavy atom. The zero-order valence-electron chi connectivity index (χ0n) is 6.19. The van der Waals surface area contributed by atoms with E-state index in [1.54, 1.807) is 7.11 Å². The molecule has 56 valence electrons. The number of rotatable bonds is 5. The standard InChI is InChI=1S/C7H15BrO/c1-7(3-5-8)4-6-9-2/h7H,3-6H2,1-2H3. The van der Waals surface area contributed by atoms with E-state index in [4.69, 9.17) is 4.74 Å². The van der Waals surface area contributed by atoms with Crippen molar-refractivity contribution in [2.24, 2.45) is 5.92 Å². The smallest absolute Gasteiger partial charge is 0.0464 e. The molecule has 0 aromatic heterocycles. The third-order valence-electron chi connectivity index (χ3n) is 1.42. The van der Waals surface area contributed by atoms with Gasteiger partial charge in [-0.2, -0.15) is 0 Å². The predicted molar refractivity (Wildman–Crippen MR) is 44.1 cm³/mol. The van der Waals surface area contributed by atoms with Crippen molar-refractivity contribution in [1.29, 1.82) is 0 Å². The molecule has 0 aromatic carbocycles. The normalized spacial score (nSPS) is 13.7. The highest BCUT2D eigenvalue weighted by atomic mass is 79.9. The molecule has 0 heterocycles. The van der Waals surface area contributed by atoms with Crippen LogP contribution < -0.4 is 0 Å². The van der Waals surface area contributed by atoms with E-state index in [0.717, 1.165) is 17.9 Å². The Labute approximate surface area is 65.9 Å². The van der Waals surface area contributed by atoms with E-state index < -0.39 is 0 Å². The van der Waals surface area contributed by atoms with Crippen molar-refractivity contribution < 1.29 is 4.74 Å². The lowest BCUT2D eigenvalue weighted by Gasteiger charge is -2.06. The monoisotopic (exact) mass is 194 g/mol. The molecule has 0 bridgehead atoms. The summed E-state index contributed by atoms with van der Waals surface area (Å²) in [6.45, 7) is 3.15. The van der Waals surface area contributed by atoms with Gasteiger partial charge in [0.1, 0.15) is 0 Å². The number of methoxy groups -OCH3 is 1. The van der Waals surface area contributed by atoms with Crippen molar-refractivity contribution in [3.05, 3.63) is 0 Å². The molecule has 0 saturated heterocycles. The Hall–Kier alpha value is 0.440. The molecule has 1 atom stereocenters. The van der Waals surface area contributed by atoms with Crippen LogP contribution in [0.4, 0.5) is 0 Å². The number of hydrogen-bond acceptors (Lipinski definition) is 1. The Morgan fingerprint density at radius 1 is 1.44 bits per heavy atom. The first-order valence-electron chi connectivity index (χ1n) is 3.36. The highest BCUT2D eigenvalue weighted by molar-refractivity contribution is 9.09. The fourth-order valence-electron chi connectivity index (χ4n) is 0.650. The van der Waals surface area contributed by atoms with Crippen molar-refractivity contribution in [2.75, 3.05) is 19.0 Å². The third-order valence-corrected chi connectivity index (χ3v) is 1.87. The molecule has 0 aliphatic rings. The summed E-state index contributed by atoms with van der Waals surface area (Å²) in [5, 5.41) is 1.11. The van der Waals surface area contributed by atoms with Gasteiger partial charge in [0.05, 0.1) is 0 Å². The molecule has 0 aliphatic carbocycles. The van der Waals surface area contributed by atoms with Crippen LogP contribution in [-0.2, 0) is 4.74 Å². The van der Waals surface area contributed by atoms with Crippen LogP contribution in [0.1, 0.15) is 19.8 Å². The van der Waals surface area contributed by atoms with E-state index in [-0.39, 0.29) is 0 Å². The van der Waals surface area contributed by atoms with Gasteiger partial charge in [0, 0.05) is 19.0 Å². The fourth-order valence-corrected chi connectivity index (χ4v) is 1.43. The second-order valence-electron chi connectivity index (χ2n) is 2.36. The summed E-state index contributed by atoms with van der Waals surface area (Å²) in [6.07, 6.45) is 2.44. The Bertz CT molecular complexity index is 56.9. The van der Waals surface area contributed by atoms with Gasteiger partial charge in [0.15, 0.2) is 0 Å². The van der Waals surface area contributed by atoms with E-state index >= 15 is 0 Å². The minimum absolute atomic E-state index is 0.796. The van der Waals surface area contributed by atoms with Gasteiger partial charge in [-0.05, 0) is 18.8 Å². The van der Waals surface area contributed by atoms with Gasteiger partial charge in [-0.25, -0.2) is 0 Å². The van der Waals surface area contributed by atoms with Crippen LogP contribution in [0, 0.1) is 5.92 Å². The zero-order chi connectivity index (χ0) is 7.11. The quantitative estimate of drug-likeness (QED) is 0.612. The van der Waals surface area contributed by atoms with Crippen molar-refractivity contribution in [3.8, 4) is 0 Å². The van der Waals surface area contributed by atoms with E-state index in [1.165, 1.54) is 12.8 Å². The molecule has 0 spiro atoms. The number of halogens is 1. The highest BCUT2D eigenvalue weighted by Gasteiger charge is 1.98. The molecule has 1 unspecified atom stereocenters. The summed E-state index contributed by atoms with van der Waals surface area (Å²) in [5.74, 6) is 0.796. The molecule has 0 N–H and O–H groups in total. The summed E-state index contributed by atoms with van der Waals surface area (Å²) >= 11 is 3.40. The molecule has 0 aromatic rings. The largest absolute Gasteiger partial charge is 0.385 e. The lowest BCUT2D eigenvalue weighted by Crippen LogP contribution is -1.99. The van der Waals surface area contributed by atoms with Crippen molar-refractivity contribution >= 4 is 15.9 Å². The highest BCUT2D eigenvalue weighted by Crippen LogP contribution is 2.08. The van der Waals surface area contributed by atoms with Gasteiger partial charge in [0.2, 0.25) is 0 Å². The van der Waals surface area contributed by atoms with Gasteiger partial charge in [-0.15, -0.1) is 0 Å². The van der Waals surface area contributed by atoms with Gasteiger partial charge >= 0.3 is 0 Å². The number of ether oxygens (including phenoxy) is 1. The van der Waals surface area contributed by atoms with Gasteiger partial charge in [-0.3, -0.25) is 0 Å². The molecule has 1 nitrogen and oxygen atoms in total.